The zero-order chi connectivity index (χ0) is 52.5. The molecule has 27 heteroatoms. The van der Waals surface area contributed by atoms with Crippen LogP contribution in [0.3, 0.4) is 0 Å². The molecule has 0 aromatic carbocycles. The van der Waals surface area contributed by atoms with Gasteiger partial charge in [-0.2, -0.15) is 26.3 Å². The molecule has 2 fully saturated rings. The van der Waals surface area contributed by atoms with Gasteiger partial charge >= 0.3 is 35.5 Å². The maximum atomic E-state index is 12.5. The number of hydrogen-bond donors (Lipinski definition) is 5. The molecule has 2 aromatic rings. The van der Waals surface area contributed by atoms with E-state index in [9.17, 15) is 60.2 Å². The van der Waals surface area contributed by atoms with E-state index in [-0.39, 0.29) is 46.9 Å². The summed E-state index contributed by atoms with van der Waals surface area (Å²) >= 11 is 1.49. The first-order chi connectivity index (χ1) is 31.6. The first-order valence-corrected chi connectivity index (χ1v) is 28.6. The Morgan fingerprint density at radius 2 is 1.13 bits per heavy atom. The van der Waals surface area contributed by atoms with E-state index in [1.165, 1.54) is 22.5 Å². The van der Waals surface area contributed by atoms with Crippen molar-refractivity contribution in [2.75, 3.05) is 38.5 Å². The molecule has 4 heterocycles. The summed E-state index contributed by atoms with van der Waals surface area (Å²) in [7, 11) is -4.17. The summed E-state index contributed by atoms with van der Waals surface area (Å²) in [4.78, 5) is 74.8. The normalized spacial score (nSPS) is 21.0. The molecule has 2 aliphatic rings. The number of nitrogens with zero attached hydrogens (tertiary/aromatic N) is 2. The van der Waals surface area contributed by atoms with Gasteiger partial charge in [0.15, 0.2) is 16.6 Å². The van der Waals surface area contributed by atoms with Crippen LogP contribution in [0.4, 0.5) is 26.3 Å². The number of H-pyrrole nitrogens is 2. The molecule has 2 aromatic heterocycles. The van der Waals surface area contributed by atoms with Crippen LogP contribution >= 0.6 is 11.8 Å². The maximum absolute atomic E-state index is 12.5. The fraction of sp³-hybridized carbons (Fsp3) is 0.667. The quantitative estimate of drug-likeness (QED) is 0.0833. The number of amides is 2. The number of hydrogen-bond acceptors (Lipinski definition) is 13. The van der Waals surface area contributed by atoms with E-state index < -0.39 is 107 Å². The summed E-state index contributed by atoms with van der Waals surface area (Å²) in [6.45, 7) is 20.1. The van der Waals surface area contributed by atoms with Crippen molar-refractivity contribution >= 4 is 40.2 Å². The van der Waals surface area contributed by atoms with E-state index in [1.807, 2.05) is 6.26 Å². The summed E-state index contributed by atoms with van der Waals surface area (Å²) in [5.74, 6) is 5.33. The Morgan fingerprint density at radius 3 is 1.52 bits per heavy atom. The molecule has 2 aliphatic heterocycles. The SMILES string of the molecule is CC(C)(C)[Si](C)(C)OCC1OC(n2cc(C#CCNC(=O)C(F)(F)F)c(=O)[nH]c2=O)CC1O.CSCOC1CC(n2cc(C#CCNC(=O)C(F)(F)F)c(=O)[nH]c2=O)OC1CO[Si](C)(C)C(C)(C)C. The molecule has 0 radical (unpaired) electrons. The van der Waals surface area contributed by atoms with Crippen LogP contribution in [0.15, 0.2) is 31.6 Å². The molecule has 386 valence electrons. The van der Waals surface area contributed by atoms with Crippen LogP contribution in [0.1, 0.15) is 78.0 Å². The molecular formula is C42H60F6N6O12SSi2. The zero-order valence-corrected chi connectivity index (χ0v) is 42.9. The van der Waals surface area contributed by atoms with Crippen molar-refractivity contribution in [3.8, 4) is 23.7 Å². The molecule has 0 spiro atoms. The minimum absolute atomic E-state index is 0.0103. The average molecular weight is 1040 g/mol. The number of aromatic nitrogens is 4. The fourth-order valence-corrected chi connectivity index (χ4v) is 8.05. The van der Waals surface area contributed by atoms with Crippen molar-refractivity contribution in [1.29, 1.82) is 0 Å². The third-order valence-corrected chi connectivity index (χ3v) is 21.2. The largest absolute Gasteiger partial charge is 0.471 e. The number of carbonyl (C=O) groups excluding carboxylic acids is 2. The van der Waals surface area contributed by atoms with Gasteiger partial charge in [-0.3, -0.25) is 38.3 Å². The molecule has 6 unspecified atom stereocenters. The topological polar surface area (TPSA) is 234 Å². The molecule has 5 N–H and O–H groups in total. The molecule has 2 saturated heterocycles. The molecule has 0 saturated carbocycles. The Balaban J connectivity index is 0.000000367. The smallest absolute Gasteiger partial charge is 0.414 e. The lowest BCUT2D eigenvalue weighted by Crippen LogP contribution is -2.44. The van der Waals surface area contributed by atoms with Crippen LogP contribution in [0.2, 0.25) is 36.3 Å². The van der Waals surface area contributed by atoms with Crippen molar-refractivity contribution in [1.82, 2.24) is 29.7 Å². The third-order valence-electron chi connectivity index (χ3n) is 11.8. The van der Waals surface area contributed by atoms with Gasteiger partial charge in [0.2, 0.25) is 0 Å². The zero-order valence-electron chi connectivity index (χ0n) is 40.1. The maximum Gasteiger partial charge on any atom is 0.471 e. The number of nitrogens with one attached hydrogen (secondary N) is 4. The van der Waals surface area contributed by atoms with Crippen LogP contribution in [0.25, 0.3) is 0 Å². The standard InChI is InChI=1S/C22H32F3N3O6SSi.C20H28F3N3O6Si/c1-21(2,3)36(5,6)33-12-16-15(32-13-35-4)10-17(34-16)28-11-14(18(29)27-20(28)31)8-7-9-26-19(30)22(23,24)25;1-19(2,3)33(4,5)31-11-14-13(27)9-15(32-14)26-10-12(16(28)25-18(26)30)7-6-8-24-17(29)20(21,22)23/h11,15-17H,9-10,12-13H2,1-6H3,(H,26,30)(H,27,29,31);10,13-15,27H,8-9,11H2,1-5H3,(H,24,29)(H,25,28,30). The first-order valence-electron chi connectivity index (χ1n) is 21.4. The second kappa shape index (κ2) is 23.6. The monoisotopic (exact) mass is 1040 g/mol. The molecule has 4 rings (SSSR count). The van der Waals surface area contributed by atoms with Gasteiger partial charge in [-0.1, -0.05) is 65.2 Å². The van der Waals surface area contributed by atoms with Crippen molar-refractivity contribution in [2.24, 2.45) is 0 Å². The Bertz CT molecular complexity index is 2490. The molecular weight excluding hydrogens is 983 g/mol. The van der Waals surface area contributed by atoms with Gasteiger partial charge in [-0.05, 0) is 42.5 Å². The highest BCUT2D eigenvalue weighted by molar-refractivity contribution is 7.98. The third kappa shape index (κ3) is 16.8. The number of aliphatic hydroxyl groups excluding tert-OH is 1. The number of rotatable bonds is 13. The summed E-state index contributed by atoms with van der Waals surface area (Å²) < 4.78 is 106. The molecule has 69 heavy (non-hydrogen) atoms. The van der Waals surface area contributed by atoms with E-state index in [0.717, 1.165) is 10.8 Å². The van der Waals surface area contributed by atoms with Crippen LogP contribution in [0.5, 0.6) is 0 Å². The Kier molecular flexibility index (Phi) is 20.2. The predicted molar refractivity (Wildman–Crippen MR) is 247 cm³/mol. The first kappa shape index (κ1) is 58.9. The minimum Gasteiger partial charge on any atom is -0.414 e. The number of halogens is 6. The van der Waals surface area contributed by atoms with Gasteiger partial charge in [0, 0.05) is 25.2 Å². The predicted octanol–water partition coefficient (Wildman–Crippen LogP) is 3.82. The number of carbonyl (C=O) groups is 2. The Labute approximate surface area is 400 Å². The lowest BCUT2D eigenvalue weighted by Gasteiger charge is -2.37. The number of thioether (sulfide) groups is 1. The van der Waals surface area contributed by atoms with Crippen molar-refractivity contribution in [3.63, 3.8) is 0 Å². The van der Waals surface area contributed by atoms with E-state index in [0.29, 0.717) is 12.4 Å². The second-order valence-electron chi connectivity index (χ2n) is 18.9. The Morgan fingerprint density at radius 1 is 0.739 bits per heavy atom. The number of aromatic amines is 2. The highest BCUT2D eigenvalue weighted by Crippen LogP contribution is 2.39. The van der Waals surface area contributed by atoms with Crippen molar-refractivity contribution in [3.05, 3.63) is 65.2 Å². The van der Waals surface area contributed by atoms with Crippen LogP contribution < -0.4 is 33.1 Å². The van der Waals surface area contributed by atoms with E-state index in [1.54, 1.807) is 10.6 Å². The Hall–Kier alpha value is -4.46. The molecule has 2 amide bonds. The van der Waals surface area contributed by atoms with Crippen molar-refractivity contribution in [2.45, 2.75) is 140 Å². The average Bonchev–Trinajstić information content (AvgIpc) is 3.80. The lowest BCUT2D eigenvalue weighted by atomic mass is 10.2. The summed E-state index contributed by atoms with van der Waals surface area (Å²) in [5.41, 5.74) is -3.55. The van der Waals surface area contributed by atoms with Gasteiger partial charge in [0.1, 0.15) is 35.8 Å². The second-order valence-corrected chi connectivity index (χ2v) is 29.4. The molecule has 6 atom stereocenters. The molecule has 18 nitrogen and oxygen atoms in total. The summed E-state index contributed by atoms with van der Waals surface area (Å²) in [6.07, 6.45) is -9.62. The van der Waals surface area contributed by atoms with Crippen molar-refractivity contribution < 1.29 is 64.1 Å². The summed E-state index contributed by atoms with van der Waals surface area (Å²) in [5, 5.41) is 13.5. The van der Waals surface area contributed by atoms with Crippen LogP contribution in [0, 0.1) is 23.7 Å². The van der Waals surface area contributed by atoms with Crippen LogP contribution in [-0.2, 0) is 32.7 Å². The van der Waals surface area contributed by atoms with E-state index in [2.05, 4.69) is 101 Å². The molecule has 0 aliphatic carbocycles. The van der Waals surface area contributed by atoms with Gasteiger partial charge < -0.3 is 38.8 Å². The lowest BCUT2D eigenvalue weighted by molar-refractivity contribution is -0.173. The number of aliphatic hydroxyl groups is 1. The van der Waals surface area contributed by atoms with Gasteiger partial charge in [-0.15, -0.1) is 11.8 Å². The van der Waals surface area contributed by atoms with Crippen LogP contribution in [-0.4, -0.2) is 128 Å². The van der Waals surface area contributed by atoms with E-state index in [4.69, 9.17) is 23.1 Å². The number of alkyl halides is 6. The fourth-order valence-electron chi connectivity index (χ4n) is 5.71. The number of ether oxygens (including phenoxy) is 3. The summed E-state index contributed by atoms with van der Waals surface area (Å²) in [6, 6.07) is 0. The minimum atomic E-state index is -5.04. The molecule has 0 bridgehead atoms. The highest BCUT2D eigenvalue weighted by atomic mass is 32.2. The highest BCUT2D eigenvalue weighted by Gasteiger charge is 2.44. The van der Waals surface area contributed by atoms with Gasteiger partial charge in [0.05, 0.1) is 44.5 Å². The van der Waals surface area contributed by atoms with E-state index >= 15 is 0 Å². The van der Waals surface area contributed by atoms with Gasteiger partial charge in [-0.25, -0.2) is 9.59 Å². The van der Waals surface area contributed by atoms with Gasteiger partial charge in [0.25, 0.3) is 11.1 Å².